The van der Waals surface area contributed by atoms with Gasteiger partial charge in [-0.05, 0) is 37.3 Å². The molecule has 0 aromatic heterocycles. The molecule has 5 nitrogen and oxygen atoms in total. The molecule has 3 fully saturated rings. The maximum Gasteiger partial charge on any atom is 0.222 e. The van der Waals surface area contributed by atoms with Crippen LogP contribution < -0.4 is 5.32 Å². The third-order valence-corrected chi connectivity index (χ3v) is 8.13. The Balaban J connectivity index is 0.00000272. The average Bonchev–Trinajstić information content (AvgIpc) is 3.16. The molecule has 0 bridgehead atoms. The molecule has 2 saturated heterocycles. The lowest BCUT2D eigenvalue weighted by atomic mass is 9.87. The topological polar surface area (TPSA) is 47.9 Å². The van der Waals surface area contributed by atoms with E-state index in [0.717, 1.165) is 45.1 Å². The molecule has 2 aliphatic heterocycles. The highest BCUT2D eigenvalue weighted by atomic mass is 127. The highest BCUT2D eigenvalue weighted by Crippen LogP contribution is 2.42. The molecular weight excluding hydrogens is 519 g/mol. The van der Waals surface area contributed by atoms with Crippen molar-refractivity contribution in [2.45, 2.75) is 69.7 Å². The van der Waals surface area contributed by atoms with Gasteiger partial charge in [-0.1, -0.05) is 43.5 Å². The lowest BCUT2D eigenvalue weighted by Crippen LogP contribution is -2.53. The summed E-state index contributed by atoms with van der Waals surface area (Å²) >= 11 is 2.20. The minimum Gasteiger partial charge on any atom is -0.357 e. The molecule has 1 aromatic carbocycles. The molecule has 7 heteroatoms. The van der Waals surface area contributed by atoms with Crippen LogP contribution in [0, 0.1) is 0 Å². The Kier molecular flexibility index (Phi) is 9.37. The second-order valence-electron chi connectivity index (χ2n) is 8.92. The fourth-order valence-corrected chi connectivity index (χ4v) is 6.60. The van der Waals surface area contributed by atoms with E-state index in [1.165, 1.54) is 49.0 Å². The van der Waals surface area contributed by atoms with E-state index in [-0.39, 0.29) is 29.9 Å². The predicted molar refractivity (Wildman–Crippen MR) is 141 cm³/mol. The van der Waals surface area contributed by atoms with Gasteiger partial charge in [-0.15, -0.1) is 24.0 Å². The minimum absolute atomic E-state index is 0. The standard InChI is InChI=1S/C24H36N4OS.HI/c1-2-25-23(28-14-15-30-24(19-28)11-4-3-5-12-24)26-17-20-8-6-9-21(16-20)18-27-13-7-10-22(27)29;/h6,8-9,16H,2-5,7,10-15,17-19H2,1H3,(H,25,26);1H. The molecule has 0 atom stereocenters. The predicted octanol–water partition coefficient (Wildman–Crippen LogP) is 4.64. The maximum absolute atomic E-state index is 11.9. The minimum atomic E-state index is 0. The number of hydrogen-bond acceptors (Lipinski definition) is 3. The Morgan fingerprint density at radius 2 is 1.97 bits per heavy atom. The molecular formula is C24H37IN4OS. The number of halogens is 1. The molecule has 1 N–H and O–H groups in total. The van der Waals surface area contributed by atoms with E-state index in [0.29, 0.717) is 17.7 Å². The number of likely N-dealkylation sites (tertiary alicyclic amines) is 1. The van der Waals surface area contributed by atoms with Gasteiger partial charge in [-0.25, -0.2) is 4.99 Å². The molecule has 4 rings (SSSR count). The summed E-state index contributed by atoms with van der Waals surface area (Å²) < 4.78 is 0.439. The largest absolute Gasteiger partial charge is 0.357 e. The van der Waals surface area contributed by atoms with Crippen molar-refractivity contribution in [3.8, 4) is 0 Å². The highest BCUT2D eigenvalue weighted by molar-refractivity contribution is 14.0. The van der Waals surface area contributed by atoms with Crippen LogP contribution in [0.1, 0.15) is 63.0 Å². The van der Waals surface area contributed by atoms with Crippen LogP contribution in [0.5, 0.6) is 0 Å². The first-order chi connectivity index (χ1) is 14.7. The number of amides is 1. The van der Waals surface area contributed by atoms with Crippen molar-refractivity contribution in [3.63, 3.8) is 0 Å². The third-order valence-electron chi connectivity index (χ3n) is 6.60. The Labute approximate surface area is 208 Å². The van der Waals surface area contributed by atoms with Crippen molar-refractivity contribution >= 4 is 47.6 Å². The summed E-state index contributed by atoms with van der Waals surface area (Å²) in [5.74, 6) is 2.54. The second-order valence-corrected chi connectivity index (χ2v) is 10.5. The monoisotopic (exact) mass is 556 g/mol. The van der Waals surface area contributed by atoms with Crippen molar-refractivity contribution in [1.82, 2.24) is 15.1 Å². The van der Waals surface area contributed by atoms with Gasteiger partial charge in [0.1, 0.15) is 0 Å². The van der Waals surface area contributed by atoms with Crippen LogP contribution in [-0.4, -0.2) is 58.3 Å². The SMILES string of the molecule is CCNC(=NCc1cccc(CN2CCCC2=O)c1)N1CCSC2(CCCCC2)C1.I. The van der Waals surface area contributed by atoms with Gasteiger partial charge in [-0.3, -0.25) is 4.79 Å². The van der Waals surface area contributed by atoms with Gasteiger partial charge in [0.05, 0.1) is 6.54 Å². The van der Waals surface area contributed by atoms with E-state index >= 15 is 0 Å². The van der Waals surface area contributed by atoms with E-state index in [1.54, 1.807) is 0 Å². The third kappa shape index (κ3) is 6.53. The molecule has 31 heavy (non-hydrogen) atoms. The molecule has 1 amide bonds. The van der Waals surface area contributed by atoms with Crippen molar-refractivity contribution in [1.29, 1.82) is 0 Å². The van der Waals surface area contributed by atoms with Gasteiger partial charge >= 0.3 is 0 Å². The number of aliphatic imine (C=N–C) groups is 1. The van der Waals surface area contributed by atoms with Crippen molar-refractivity contribution in [2.24, 2.45) is 4.99 Å². The number of carbonyl (C=O) groups is 1. The summed E-state index contributed by atoms with van der Waals surface area (Å²) in [5.41, 5.74) is 2.42. The number of nitrogens with zero attached hydrogens (tertiary/aromatic N) is 3. The number of thioether (sulfide) groups is 1. The number of hydrogen-bond donors (Lipinski definition) is 1. The summed E-state index contributed by atoms with van der Waals surface area (Å²) in [4.78, 5) is 21.4. The zero-order valence-electron chi connectivity index (χ0n) is 18.8. The zero-order chi connectivity index (χ0) is 20.8. The quantitative estimate of drug-likeness (QED) is 0.326. The van der Waals surface area contributed by atoms with Crippen LogP contribution >= 0.6 is 35.7 Å². The first-order valence-corrected chi connectivity index (χ1v) is 12.7. The van der Waals surface area contributed by atoms with Gasteiger partial charge in [-0.2, -0.15) is 11.8 Å². The average molecular weight is 557 g/mol. The molecule has 1 aromatic rings. The van der Waals surface area contributed by atoms with Crippen molar-refractivity contribution in [3.05, 3.63) is 35.4 Å². The molecule has 0 unspecified atom stereocenters. The van der Waals surface area contributed by atoms with Gasteiger partial charge in [0, 0.05) is 49.6 Å². The van der Waals surface area contributed by atoms with E-state index in [4.69, 9.17) is 4.99 Å². The maximum atomic E-state index is 11.9. The Bertz CT molecular complexity index is 760. The summed E-state index contributed by atoms with van der Waals surface area (Å²) in [6.07, 6.45) is 8.54. The van der Waals surface area contributed by atoms with Crippen molar-refractivity contribution in [2.75, 3.05) is 31.9 Å². The summed E-state index contributed by atoms with van der Waals surface area (Å²) in [6, 6.07) is 8.59. The zero-order valence-corrected chi connectivity index (χ0v) is 21.9. The smallest absolute Gasteiger partial charge is 0.222 e. The molecule has 1 spiro atoms. The number of benzene rings is 1. The van der Waals surface area contributed by atoms with Gasteiger partial charge < -0.3 is 15.1 Å². The Hall–Kier alpha value is -0.960. The molecule has 1 aliphatic carbocycles. The number of carbonyl (C=O) groups excluding carboxylic acids is 1. The van der Waals surface area contributed by atoms with Crippen LogP contribution in [0.15, 0.2) is 29.3 Å². The van der Waals surface area contributed by atoms with Gasteiger partial charge in [0.2, 0.25) is 5.91 Å². The number of nitrogens with one attached hydrogen (secondary N) is 1. The second kappa shape index (κ2) is 11.8. The van der Waals surface area contributed by atoms with Crippen LogP contribution in [0.3, 0.4) is 0 Å². The first-order valence-electron chi connectivity index (χ1n) is 11.7. The molecule has 0 radical (unpaired) electrons. The van der Waals surface area contributed by atoms with Gasteiger partial charge in [0.25, 0.3) is 0 Å². The van der Waals surface area contributed by atoms with Gasteiger partial charge in [0.15, 0.2) is 5.96 Å². The highest BCUT2D eigenvalue weighted by Gasteiger charge is 2.38. The lowest BCUT2D eigenvalue weighted by Gasteiger charge is -2.45. The molecule has 2 heterocycles. The van der Waals surface area contributed by atoms with E-state index in [1.807, 2.05) is 4.90 Å². The van der Waals surface area contributed by atoms with Crippen molar-refractivity contribution < 1.29 is 4.79 Å². The van der Waals surface area contributed by atoms with E-state index in [2.05, 4.69) is 53.2 Å². The Morgan fingerprint density at radius 1 is 1.16 bits per heavy atom. The fraction of sp³-hybridized carbons (Fsp3) is 0.667. The first kappa shape index (κ1) is 24.7. The van der Waals surface area contributed by atoms with Crippen LogP contribution in [0.2, 0.25) is 0 Å². The number of guanidine groups is 1. The summed E-state index contributed by atoms with van der Waals surface area (Å²) in [7, 11) is 0. The van der Waals surface area contributed by atoms with E-state index < -0.39 is 0 Å². The Morgan fingerprint density at radius 3 is 2.71 bits per heavy atom. The van der Waals surface area contributed by atoms with Crippen LogP contribution in [0.4, 0.5) is 0 Å². The molecule has 3 aliphatic rings. The lowest BCUT2D eigenvalue weighted by molar-refractivity contribution is -0.128. The van der Waals surface area contributed by atoms with E-state index in [9.17, 15) is 4.79 Å². The molecule has 1 saturated carbocycles. The fourth-order valence-electron chi connectivity index (χ4n) is 5.03. The van der Waals surface area contributed by atoms with Crippen LogP contribution in [0.25, 0.3) is 0 Å². The molecule has 172 valence electrons. The summed E-state index contributed by atoms with van der Waals surface area (Å²) in [6.45, 7) is 7.55. The summed E-state index contributed by atoms with van der Waals surface area (Å²) in [5, 5.41) is 3.54. The number of rotatable bonds is 5. The van der Waals surface area contributed by atoms with Crippen LogP contribution in [-0.2, 0) is 17.9 Å². The normalized spacial score (nSPS) is 21.3.